The van der Waals surface area contributed by atoms with Gasteiger partial charge in [0, 0.05) is 18.4 Å². The lowest BCUT2D eigenvalue weighted by Gasteiger charge is -2.34. The number of carbonyl (C=O) groups is 2. The summed E-state index contributed by atoms with van der Waals surface area (Å²) in [7, 11) is -3.92. The molecule has 3 rings (SSSR count). The smallest absolute Gasteiger partial charge is 0.419 e. The molecule has 13 heteroatoms. The van der Waals surface area contributed by atoms with Crippen LogP contribution in [0.3, 0.4) is 0 Å². The van der Waals surface area contributed by atoms with Gasteiger partial charge in [-0.2, -0.15) is 0 Å². The number of amides is 2. The van der Waals surface area contributed by atoms with Crippen LogP contribution in [-0.4, -0.2) is 77.0 Å². The van der Waals surface area contributed by atoms with Gasteiger partial charge in [-0.05, 0) is 49.3 Å². The lowest BCUT2D eigenvalue weighted by atomic mass is 10.1. The lowest BCUT2D eigenvalue weighted by molar-refractivity contribution is -0.131. The summed E-state index contributed by atoms with van der Waals surface area (Å²) in [4.78, 5) is 37.2. The molecule has 0 aliphatic carbocycles. The maximum absolute atomic E-state index is 12.3. The molecule has 0 spiro atoms. The molecule has 1 aromatic heterocycles. The van der Waals surface area contributed by atoms with E-state index in [1.54, 1.807) is 12.1 Å². The van der Waals surface area contributed by atoms with Crippen molar-refractivity contribution in [2.45, 2.75) is 30.7 Å². The maximum Gasteiger partial charge on any atom is 0.419 e. The highest BCUT2D eigenvalue weighted by Crippen LogP contribution is 2.23. The molecule has 0 radical (unpaired) electrons. The Morgan fingerprint density at radius 1 is 1.31 bits per heavy atom. The molecule has 1 unspecified atom stereocenters. The maximum atomic E-state index is 12.3. The molecule has 0 saturated carbocycles. The number of nitrogens with zero attached hydrogens (tertiary/aromatic N) is 2. The minimum Gasteiger partial charge on any atom is -0.436 e. The molecule has 1 atom stereocenters. The second-order valence-corrected chi connectivity index (χ2v) is 10.5. The lowest BCUT2D eigenvalue weighted by Crippen LogP contribution is -2.53. The number of likely N-dealkylation sites (tertiary alicyclic amines) is 1. The number of aliphatic hydroxyl groups excluding tert-OH is 1. The van der Waals surface area contributed by atoms with Crippen LogP contribution in [0.15, 0.2) is 27.4 Å². The third-order valence-electron chi connectivity index (χ3n) is 5.63. The summed E-state index contributed by atoms with van der Waals surface area (Å²) in [5, 5.41) is 18.1. The number of sulfone groups is 1. The minimum absolute atomic E-state index is 0.155. The molecular formula is C22H23N3O9S. The van der Waals surface area contributed by atoms with Crippen molar-refractivity contribution in [3.63, 3.8) is 0 Å². The van der Waals surface area contributed by atoms with Gasteiger partial charge in [-0.15, -0.1) is 0 Å². The topological polar surface area (TPSA) is 168 Å². The number of aromatic nitrogens is 1. The molecule has 1 aliphatic rings. The first-order valence-corrected chi connectivity index (χ1v) is 12.2. The zero-order chi connectivity index (χ0) is 25.8. The van der Waals surface area contributed by atoms with E-state index in [1.165, 1.54) is 21.0 Å². The number of aryl methyl sites for hydroxylation is 1. The van der Waals surface area contributed by atoms with E-state index >= 15 is 0 Å². The fraction of sp³-hybridized carbons (Fsp3) is 0.409. The molecule has 2 heterocycles. The largest absolute Gasteiger partial charge is 0.436 e. The van der Waals surface area contributed by atoms with Crippen LogP contribution >= 0.6 is 0 Å². The number of hydroxylamine groups is 1. The summed E-state index contributed by atoms with van der Waals surface area (Å²) in [5.41, 5.74) is 2.42. The Balaban J connectivity index is 1.68. The number of rotatable bonds is 6. The average Bonchev–Trinajstić information content (AvgIpc) is 3.10. The van der Waals surface area contributed by atoms with Crippen molar-refractivity contribution in [3.05, 3.63) is 34.3 Å². The van der Waals surface area contributed by atoms with Crippen molar-refractivity contribution in [3.8, 4) is 23.7 Å². The van der Waals surface area contributed by atoms with Gasteiger partial charge in [0.2, 0.25) is 0 Å². The summed E-state index contributed by atoms with van der Waals surface area (Å²) < 4.78 is 33.6. The molecular weight excluding hydrogens is 482 g/mol. The molecule has 2 aromatic rings. The first kappa shape index (κ1) is 25.8. The molecule has 2 amide bonds. The highest BCUT2D eigenvalue weighted by Gasteiger charge is 2.43. The van der Waals surface area contributed by atoms with Gasteiger partial charge in [0.1, 0.15) is 0 Å². The van der Waals surface area contributed by atoms with Crippen LogP contribution in [0.1, 0.15) is 18.9 Å². The van der Waals surface area contributed by atoms with Gasteiger partial charge < -0.3 is 19.2 Å². The van der Waals surface area contributed by atoms with E-state index in [2.05, 4.69) is 23.7 Å². The monoisotopic (exact) mass is 505 g/mol. The van der Waals surface area contributed by atoms with Crippen molar-refractivity contribution in [2.24, 2.45) is 0 Å². The highest BCUT2D eigenvalue weighted by atomic mass is 32.2. The molecule has 1 saturated heterocycles. The summed E-state index contributed by atoms with van der Waals surface area (Å²) in [6, 6.07) is 4.67. The SMILES string of the molecule is CC(CCn1c(=O)oc2cc(C#CC#CCOC(=O)N3CC(O)C3)ccc21)(C(=O)NO)S(C)(=O)=O. The highest BCUT2D eigenvalue weighted by molar-refractivity contribution is 7.92. The average molecular weight is 506 g/mol. The number of benzene rings is 1. The van der Waals surface area contributed by atoms with Crippen molar-refractivity contribution < 1.29 is 37.5 Å². The number of ether oxygens (including phenoxy) is 1. The number of β-amino-alcohol motifs (C(OH)–C–C–N with tert-alkyl or cyclic N) is 1. The number of nitrogens with one attached hydrogen (secondary N) is 1. The fourth-order valence-electron chi connectivity index (χ4n) is 3.24. The van der Waals surface area contributed by atoms with Crippen molar-refractivity contribution in [1.29, 1.82) is 0 Å². The molecule has 0 bridgehead atoms. The van der Waals surface area contributed by atoms with E-state index in [0.29, 0.717) is 11.1 Å². The Morgan fingerprint density at radius 3 is 2.66 bits per heavy atom. The number of fused-ring (bicyclic) bond motifs is 1. The van der Waals surface area contributed by atoms with Crippen molar-refractivity contribution >= 4 is 32.9 Å². The predicted molar refractivity (Wildman–Crippen MR) is 122 cm³/mol. The zero-order valence-corrected chi connectivity index (χ0v) is 19.7. The zero-order valence-electron chi connectivity index (χ0n) is 18.9. The van der Waals surface area contributed by atoms with Gasteiger partial charge in [-0.1, -0.05) is 5.92 Å². The van der Waals surface area contributed by atoms with Crippen LogP contribution in [0.25, 0.3) is 11.1 Å². The Labute approximate surface area is 200 Å². The van der Waals surface area contributed by atoms with Crippen LogP contribution in [0.2, 0.25) is 0 Å². The van der Waals surface area contributed by atoms with Gasteiger partial charge in [0.05, 0.1) is 24.7 Å². The Hall–Kier alpha value is -3.78. The summed E-state index contributed by atoms with van der Waals surface area (Å²) in [6.45, 7) is 1.32. The Bertz CT molecular complexity index is 1430. The normalized spacial score (nSPS) is 15.1. The molecule has 35 heavy (non-hydrogen) atoms. The van der Waals surface area contributed by atoms with Gasteiger partial charge in [-0.25, -0.2) is 23.5 Å². The number of hydrogen-bond donors (Lipinski definition) is 3. The predicted octanol–water partition coefficient (Wildman–Crippen LogP) is -0.539. The number of hydrogen-bond acceptors (Lipinski definition) is 9. The Morgan fingerprint density at radius 2 is 2.03 bits per heavy atom. The van der Waals surface area contributed by atoms with Crippen LogP contribution < -0.4 is 11.2 Å². The van der Waals surface area contributed by atoms with Crippen LogP contribution in [0.4, 0.5) is 4.79 Å². The summed E-state index contributed by atoms with van der Waals surface area (Å²) in [6.07, 6.45) is -0.490. The number of carbonyl (C=O) groups excluding carboxylic acids is 2. The first-order valence-electron chi connectivity index (χ1n) is 10.3. The van der Waals surface area contributed by atoms with Crippen LogP contribution in [-0.2, 0) is 25.9 Å². The third kappa shape index (κ3) is 5.66. The van der Waals surface area contributed by atoms with Crippen LogP contribution in [0.5, 0.6) is 0 Å². The summed E-state index contributed by atoms with van der Waals surface area (Å²) in [5.74, 6) is 8.61. The Kier molecular flexibility index (Phi) is 7.55. The van der Waals surface area contributed by atoms with Gasteiger partial charge in [0.15, 0.2) is 26.8 Å². The first-order chi connectivity index (χ1) is 16.5. The number of aliphatic hydroxyl groups is 1. The molecule has 186 valence electrons. The molecule has 3 N–H and O–H groups in total. The molecule has 1 fully saturated rings. The third-order valence-corrected chi connectivity index (χ3v) is 7.65. The van der Waals surface area contributed by atoms with Crippen molar-refractivity contribution in [2.75, 3.05) is 26.0 Å². The standard InChI is InChI=1S/C22H23N3O9S/c1-22(19(27)23-30,35(2,31)32)9-10-25-17-8-7-15(12-18(17)34-21(25)29)6-4-3-5-11-33-20(28)24-13-16(26)14-24/h7-8,12,16,26,30H,9-11,13-14H2,1-2H3,(H,23,27). The van der Waals surface area contributed by atoms with E-state index in [-0.39, 0.29) is 38.2 Å². The fourth-order valence-corrected chi connectivity index (χ4v) is 4.09. The van der Waals surface area contributed by atoms with E-state index in [1.807, 2.05) is 0 Å². The van der Waals surface area contributed by atoms with E-state index in [9.17, 15) is 22.8 Å². The quantitative estimate of drug-likeness (QED) is 0.265. The summed E-state index contributed by atoms with van der Waals surface area (Å²) >= 11 is 0. The van der Waals surface area contributed by atoms with Gasteiger partial charge in [0.25, 0.3) is 5.91 Å². The second-order valence-electron chi connectivity index (χ2n) is 8.06. The number of oxazole rings is 1. The van der Waals surface area contributed by atoms with Gasteiger partial charge in [-0.3, -0.25) is 14.6 Å². The second kappa shape index (κ2) is 10.2. The molecule has 12 nitrogen and oxygen atoms in total. The van der Waals surface area contributed by atoms with Crippen molar-refractivity contribution in [1.82, 2.24) is 14.9 Å². The van der Waals surface area contributed by atoms with E-state index < -0.39 is 38.4 Å². The van der Waals surface area contributed by atoms with E-state index in [4.69, 9.17) is 19.5 Å². The van der Waals surface area contributed by atoms with Crippen LogP contribution in [0, 0.1) is 23.7 Å². The molecule has 1 aromatic carbocycles. The molecule has 1 aliphatic heterocycles. The minimum atomic E-state index is -3.92. The van der Waals surface area contributed by atoms with Gasteiger partial charge >= 0.3 is 11.8 Å². The van der Waals surface area contributed by atoms with E-state index in [0.717, 1.165) is 13.2 Å².